The van der Waals surface area contributed by atoms with Crippen LogP contribution in [0.4, 0.5) is 9.59 Å². The third-order valence-corrected chi connectivity index (χ3v) is 7.40. The minimum absolute atomic E-state index is 0.0713. The van der Waals surface area contributed by atoms with E-state index in [1.807, 2.05) is 30.3 Å². The summed E-state index contributed by atoms with van der Waals surface area (Å²) in [6.45, 7) is 10.5. The van der Waals surface area contributed by atoms with Gasteiger partial charge in [0.25, 0.3) is 0 Å². The molecule has 0 fully saturated rings. The quantitative estimate of drug-likeness (QED) is 0.184. The van der Waals surface area contributed by atoms with Gasteiger partial charge in [-0.05, 0) is 59.4 Å². The van der Waals surface area contributed by atoms with E-state index in [1.54, 1.807) is 12.0 Å². The number of hydrogen-bond acceptors (Lipinski definition) is 6. The van der Waals surface area contributed by atoms with Crippen LogP contribution in [0.25, 0.3) is 0 Å². The number of hydrogen-bond donors (Lipinski definition) is 7. The van der Waals surface area contributed by atoms with E-state index in [4.69, 9.17) is 20.3 Å². The van der Waals surface area contributed by atoms with E-state index in [9.17, 15) is 9.59 Å². The SMILES string of the molecule is CNC(=O)NC(=N)NCC(C)(C)CC(C)(C)CN1CCCc2ccccc2COc2ccc(OC)cc2CNC(=N)NC1=O. The van der Waals surface area contributed by atoms with Crippen LogP contribution in [0.15, 0.2) is 42.5 Å². The van der Waals surface area contributed by atoms with Crippen LogP contribution in [0, 0.1) is 21.6 Å². The van der Waals surface area contributed by atoms with E-state index in [-0.39, 0.29) is 35.3 Å². The lowest BCUT2D eigenvalue weighted by Gasteiger charge is -2.39. The molecule has 0 aromatic heterocycles. The van der Waals surface area contributed by atoms with E-state index in [0.29, 0.717) is 37.7 Å². The summed E-state index contributed by atoms with van der Waals surface area (Å²) in [5.41, 5.74) is 2.52. The molecule has 3 rings (SSSR count). The van der Waals surface area contributed by atoms with Crippen LogP contribution in [0.1, 0.15) is 57.2 Å². The Morgan fingerprint density at radius 3 is 2.52 bits per heavy atom. The third-order valence-electron chi connectivity index (χ3n) is 7.40. The molecule has 7 N–H and O–H groups in total. The fourth-order valence-electron chi connectivity index (χ4n) is 5.66. The number of nitrogens with one attached hydrogen (secondary N) is 7. The van der Waals surface area contributed by atoms with Gasteiger partial charge in [0, 0.05) is 38.8 Å². The highest BCUT2D eigenvalue weighted by molar-refractivity contribution is 5.95. The monoisotopic (exact) mass is 608 g/mol. The highest BCUT2D eigenvalue weighted by Gasteiger charge is 2.32. The second-order valence-electron chi connectivity index (χ2n) is 12.7. The van der Waals surface area contributed by atoms with Gasteiger partial charge >= 0.3 is 12.1 Å². The predicted molar refractivity (Wildman–Crippen MR) is 172 cm³/mol. The van der Waals surface area contributed by atoms with Gasteiger partial charge in [-0.15, -0.1) is 0 Å². The van der Waals surface area contributed by atoms with Gasteiger partial charge in [0.15, 0.2) is 11.9 Å². The topological polar surface area (TPSA) is 164 Å². The van der Waals surface area contributed by atoms with Crippen LogP contribution < -0.4 is 36.1 Å². The Balaban J connectivity index is 1.76. The van der Waals surface area contributed by atoms with Gasteiger partial charge in [0.2, 0.25) is 0 Å². The average molecular weight is 609 g/mol. The Bertz CT molecular complexity index is 1330. The molecule has 0 bridgehead atoms. The number of nitrogens with zero attached hydrogens (tertiary/aromatic N) is 1. The summed E-state index contributed by atoms with van der Waals surface area (Å²) >= 11 is 0. The molecule has 0 aliphatic carbocycles. The van der Waals surface area contributed by atoms with Gasteiger partial charge < -0.3 is 30.3 Å². The molecule has 12 heteroatoms. The number of benzene rings is 2. The number of carbonyl (C=O) groups is 2. The molecule has 44 heavy (non-hydrogen) atoms. The molecule has 1 aliphatic heterocycles. The largest absolute Gasteiger partial charge is 0.497 e. The lowest BCUT2D eigenvalue weighted by molar-refractivity contribution is 0.131. The number of fused-ring (bicyclic) bond motifs is 2. The summed E-state index contributed by atoms with van der Waals surface area (Å²) < 4.78 is 11.6. The molecule has 1 heterocycles. The number of urea groups is 2. The molecular formula is C32H48N8O4. The Kier molecular flexibility index (Phi) is 11.8. The van der Waals surface area contributed by atoms with Crippen molar-refractivity contribution in [3.05, 3.63) is 59.2 Å². The standard InChI is InChI=1S/C32H48N8O4/c1-31(2,20-37-28(34)38-29(41)35-5)19-32(3,4)21-40-15-9-12-22-10-7-8-11-23(22)18-44-26-14-13-25(43-6)16-24(26)17-36-27(33)39-30(40)42/h7-8,10-11,13-14,16H,9,12,15,17-21H2,1-6H3,(H3,33,36,39,42)(H4,34,35,37,38,41). The molecule has 0 spiro atoms. The van der Waals surface area contributed by atoms with Crippen LogP contribution in [0.5, 0.6) is 11.5 Å². The number of aryl methyl sites for hydroxylation is 1. The van der Waals surface area contributed by atoms with Crippen molar-refractivity contribution in [2.45, 2.75) is 60.1 Å². The number of amides is 4. The lowest BCUT2D eigenvalue weighted by Crippen LogP contribution is -2.51. The minimum Gasteiger partial charge on any atom is -0.497 e. The first-order valence-electron chi connectivity index (χ1n) is 14.9. The lowest BCUT2D eigenvalue weighted by atomic mass is 9.74. The zero-order valence-corrected chi connectivity index (χ0v) is 26.8. The van der Waals surface area contributed by atoms with Crippen LogP contribution in [-0.4, -0.2) is 62.7 Å². The van der Waals surface area contributed by atoms with Crippen molar-refractivity contribution in [3.63, 3.8) is 0 Å². The molecular weight excluding hydrogens is 560 g/mol. The number of methoxy groups -OCH3 is 1. The molecule has 0 saturated heterocycles. The van der Waals surface area contributed by atoms with Crippen molar-refractivity contribution in [2.24, 2.45) is 10.8 Å². The van der Waals surface area contributed by atoms with Crippen LogP contribution >= 0.6 is 0 Å². The first-order chi connectivity index (χ1) is 20.8. The first kappa shape index (κ1) is 34.0. The van der Waals surface area contributed by atoms with Crippen molar-refractivity contribution >= 4 is 24.0 Å². The Morgan fingerprint density at radius 2 is 1.82 bits per heavy atom. The van der Waals surface area contributed by atoms with E-state index < -0.39 is 6.03 Å². The Labute approximate surface area is 260 Å². The van der Waals surface area contributed by atoms with Crippen molar-refractivity contribution in [1.29, 1.82) is 10.8 Å². The van der Waals surface area contributed by atoms with Crippen LogP contribution in [-0.2, 0) is 19.6 Å². The van der Waals surface area contributed by atoms with E-state index in [1.165, 1.54) is 12.6 Å². The molecule has 0 radical (unpaired) electrons. The second-order valence-corrected chi connectivity index (χ2v) is 12.7. The minimum atomic E-state index is -0.456. The molecule has 1 aliphatic rings. The summed E-state index contributed by atoms with van der Waals surface area (Å²) in [7, 11) is 3.10. The molecule has 0 atom stereocenters. The summed E-state index contributed by atoms with van der Waals surface area (Å²) in [5.74, 6) is 1.19. The van der Waals surface area contributed by atoms with Gasteiger partial charge in [-0.1, -0.05) is 52.0 Å². The summed E-state index contributed by atoms with van der Waals surface area (Å²) in [6.07, 6.45) is 2.24. The van der Waals surface area contributed by atoms with Gasteiger partial charge in [-0.25, -0.2) is 9.59 Å². The van der Waals surface area contributed by atoms with Crippen LogP contribution in [0.2, 0.25) is 0 Å². The van der Waals surface area contributed by atoms with E-state index in [2.05, 4.69) is 66.4 Å². The number of guanidine groups is 2. The molecule has 2 aromatic carbocycles. The molecule has 4 amide bonds. The third kappa shape index (κ3) is 10.7. The van der Waals surface area contributed by atoms with Gasteiger partial charge in [-0.3, -0.25) is 21.5 Å². The smallest absolute Gasteiger partial charge is 0.324 e. The Morgan fingerprint density at radius 1 is 1.09 bits per heavy atom. The Hall–Kier alpha value is -4.48. The van der Waals surface area contributed by atoms with Crippen LogP contribution in [0.3, 0.4) is 0 Å². The molecule has 12 nitrogen and oxygen atoms in total. The molecule has 240 valence electrons. The van der Waals surface area contributed by atoms with Gasteiger partial charge in [-0.2, -0.15) is 0 Å². The summed E-state index contributed by atoms with van der Waals surface area (Å²) in [4.78, 5) is 26.8. The summed E-state index contributed by atoms with van der Waals surface area (Å²) in [6, 6.07) is 13.0. The van der Waals surface area contributed by atoms with E-state index in [0.717, 1.165) is 30.4 Å². The van der Waals surface area contributed by atoms with Crippen molar-refractivity contribution in [1.82, 2.24) is 31.5 Å². The number of ether oxygens (including phenoxy) is 2. The number of rotatable bonds is 7. The summed E-state index contributed by atoms with van der Waals surface area (Å²) in [5, 5.41) is 30.0. The first-order valence-corrected chi connectivity index (χ1v) is 14.9. The molecule has 2 aromatic rings. The fraction of sp³-hybridized carbons (Fsp3) is 0.500. The maximum Gasteiger partial charge on any atom is 0.324 e. The fourth-order valence-corrected chi connectivity index (χ4v) is 5.66. The van der Waals surface area contributed by atoms with E-state index >= 15 is 0 Å². The zero-order valence-electron chi connectivity index (χ0n) is 26.8. The molecule has 0 saturated carbocycles. The van der Waals surface area contributed by atoms with Gasteiger partial charge in [0.1, 0.15) is 18.1 Å². The highest BCUT2D eigenvalue weighted by atomic mass is 16.5. The van der Waals surface area contributed by atoms with Crippen molar-refractivity contribution in [3.8, 4) is 11.5 Å². The predicted octanol–water partition coefficient (Wildman–Crippen LogP) is 4.15. The van der Waals surface area contributed by atoms with Crippen molar-refractivity contribution in [2.75, 3.05) is 33.8 Å². The average Bonchev–Trinajstić information content (AvgIpc) is 2.97. The number of carbonyl (C=O) groups excluding carboxylic acids is 2. The molecule has 0 unspecified atom stereocenters. The highest BCUT2D eigenvalue weighted by Crippen LogP contribution is 2.34. The maximum atomic E-state index is 13.5. The second kappa shape index (κ2) is 15.3. The normalized spacial score (nSPS) is 14.7. The maximum absolute atomic E-state index is 13.5. The zero-order chi connectivity index (χ0) is 32.3. The van der Waals surface area contributed by atoms with Gasteiger partial charge in [0.05, 0.1) is 7.11 Å². The van der Waals surface area contributed by atoms with Crippen molar-refractivity contribution < 1.29 is 19.1 Å².